The Morgan fingerprint density at radius 1 is 1.05 bits per heavy atom. The molecule has 0 radical (unpaired) electrons. The van der Waals surface area contributed by atoms with Crippen LogP contribution in [0.3, 0.4) is 0 Å². The van der Waals surface area contributed by atoms with Crippen molar-refractivity contribution < 1.29 is 34.1 Å². The second kappa shape index (κ2) is 9.30. The number of fused-ring (bicyclic) bond motifs is 3. The lowest BCUT2D eigenvalue weighted by molar-refractivity contribution is -0.255. The van der Waals surface area contributed by atoms with Gasteiger partial charge in [0.25, 0.3) is 0 Å². The summed E-state index contributed by atoms with van der Waals surface area (Å²) in [4.78, 5) is 40.5. The summed E-state index contributed by atoms with van der Waals surface area (Å²) in [6.07, 6.45) is -1.57. The van der Waals surface area contributed by atoms with E-state index >= 15 is 0 Å². The zero-order chi connectivity index (χ0) is 28.4. The molecule has 0 heterocycles. The first kappa shape index (κ1) is 28.5. The van der Waals surface area contributed by atoms with E-state index in [1.807, 2.05) is 34.6 Å². The standard InChI is InChI=1S/C31H42O7/c1-17-16-31(36)26(37-27(35)21-12-10-9-11-13-21)24-29(7,38-20(4)32)15-14-22(33)30(24,8)25(34)19(3)23(18(17)2)28(31,5)6/h9-13,17,19,22,24,26,33,36H,14-16H2,1-8H3/t17-,19-,22?,24?,26-,29-,30-,31-/m0/s1. The summed E-state index contributed by atoms with van der Waals surface area (Å²) in [6.45, 7) is 14.4. The molecule has 0 saturated heterocycles. The number of ketones is 1. The van der Waals surface area contributed by atoms with Crippen LogP contribution in [-0.4, -0.2) is 51.3 Å². The van der Waals surface area contributed by atoms with Gasteiger partial charge in [0, 0.05) is 18.3 Å². The van der Waals surface area contributed by atoms with Crippen molar-refractivity contribution in [2.75, 3.05) is 0 Å². The van der Waals surface area contributed by atoms with E-state index in [0.29, 0.717) is 5.56 Å². The summed E-state index contributed by atoms with van der Waals surface area (Å²) >= 11 is 0. The Hall–Kier alpha value is -2.51. The van der Waals surface area contributed by atoms with Gasteiger partial charge in [0.05, 0.1) is 23.0 Å². The summed E-state index contributed by atoms with van der Waals surface area (Å²) in [7, 11) is 0. The molecule has 3 aliphatic rings. The van der Waals surface area contributed by atoms with Crippen molar-refractivity contribution in [3.8, 4) is 0 Å². The van der Waals surface area contributed by atoms with Crippen molar-refractivity contribution in [1.82, 2.24) is 0 Å². The molecule has 2 unspecified atom stereocenters. The van der Waals surface area contributed by atoms with Gasteiger partial charge >= 0.3 is 11.9 Å². The number of ether oxygens (including phenoxy) is 2. The molecule has 8 atom stereocenters. The lowest BCUT2D eigenvalue weighted by atomic mass is 9.44. The van der Waals surface area contributed by atoms with Crippen LogP contribution in [0.25, 0.3) is 0 Å². The Morgan fingerprint density at radius 2 is 1.66 bits per heavy atom. The van der Waals surface area contributed by atoms with Crippen LogP contribution in [0.15, 0.2) is 41.5 Å². The maximum atomic E-state index is 14.5. The molecule has 2 bridgehead atoms. The second-order valence-electron chi connectivity index (χ2n) is 12.8. The number of esters is 2. The summed E-state index contributed by atoms with van der Waals surface area (Å²) in [5, 5.41) is 24.3. The number of hydrogen-bond donors (Lipinski definition) is 2. The predicted octanol–water partition coefficient (Wildman–Crippen LogP) is 4.64. The average molecular weight is 527 g/mol. The molecule has 7 nitrogen and oxygen atoms in total. The molecular formula is C31H42O7. The molecule has 4 rings (SSSR count). The van der Waals surface area contributed by atoms with Crippen molar-refractivity contribution in [1.29, 1.82) is 0 Å². The van der Waals surface area contributed by atoms with Crippen LogP contribution in [0, 0.1) is 28.6 Å². The van der Waals surface area contributed by atoms with E-state index in [9.17, 15) is 24.6 Å². The second-order valence-corrected chi connectivity index (χ2v) is 12.8. The highest BCUT2D eigenvalue weighted by Crippen LogP contribution is 2.63. The predicted molar refractivity (Wildman–Crippen MR) is 142 cm³/mol. The van der Waals surface area contributed by atoms with Crippen molar-refractivity contribution in [2.45, 2.75) is 98.1 Å². The Labute approximate surface area is 225 Å². The van der Waals surface area contributed by atoms with E-state index in [0.717, 1.165) is 11.1 Å². The molecule has 208 valence electrons. The van der Waals surface area contributed by atoms with Gasteiger partial charge in [0.15, 0.2) is 0 Å². The molecule has 1 aromatic rings. The third-order valence-electron chi connectivity index (χ3n) is 10.2. The number of aliphatic hydroxyl groups excluding tert-OH is 1. The fraction of sp³-hybridized carbons (Fsp3) is 0.645. The smallest absolute Gasteiger partial charge is 0.338 e. The molecular weight excluding hydrogens is 484 g/mol. The van der Waals surface area contributed by atoms with Crippen LogP contribution >= 0.6 is 0 Å². The van der Waals surface area contributed by atoms with Gasteiger partial charge in [0.2, 0.25) is 0 Å². The van der Waals surface area contributed by atoms with Gasteiger partial charge in [-0.15, -0.1) is 0 Å². The normalized spacial score (nSPS) is 40.5. The van der Waals surface area contributed by atoms with Gasteiger partial charge in [0.1, 0.15) is 23.1 Å². The Kier molecular flexibility index (Phi) is 6.98. The van der Waals surface area contributed by atoms with E-state index < -0.39 is 58.0 Å². The highest BCUT2D eigenvalue weighted by Gasteiger charge is 2.71. The van der Waals surface area contributed by atoms with Crippen molar-refractivity contribution in [3.63, 3.8) is 0 Å². The Morgan fingerprint density at radius 3 is 2.24 bits per heavy atom. The van der Waals surface area contributed by atoms with E-state index in [1.165, 1.54) is 6.92 Å². The highest BCUT2D eigenvalue weighted by molar-refractivity contribution is 5.92. The minimum absolute atomic E-state index is 0.0888. The van der Waals surface area contributed by atoms with Gasteiger partial charge in [-0.1, -0.05) is 57.0 Å². The van der Waals surface area contributed by atoms with Gasteiger partial charge < -0.3 is 19.7 Å². The van der Waals surface area contributed by atoms with Crippen LogP contribution < -0.4 is 0 Å². The summed E-state index contributed by atoms with van der Waals surface area (Å²) in [6, 6.07) is 8.50. The minimum Gasteiger partial charge on any atom is -0.459 e. The molecule has 0 aliphatic heterocycles. The molecule has 38 heavy (non-hydrogen) atoms. The number of aliphatic hydroxyl groups is 2. The fourth-order valence-electron chi connectivity index (χ4n) is 8.13. The molecule has 0 aromatic heterocycles. The molecule has 0 amide bonds. The number of benzene rings is 1. The first-order valence-electron chi connectivity index (χ1n) is 13.6. The van der Waals surface area contributed by atoms with Crippen LogP contribution in [0.1, 0.15) is 85.0 Å². The number of allylic oxidation sites excluding steroid dienone is 1. The molecule has 2 saturated carbocycles. The van der Waals surface area contributed by atoms with Gasteiger partial charge in [-0.3, -0.25) is 9.59 Å². The summed E-state index contributed by atoms with van der Waals surface area (Å²) in [5.41, 5.74) is -3.16. The van der Waals surface area contributed by atoms with Crippen molar-refractivity contribution in [2.24, 2.45) is 28.6 Å². The van der Waals surface area contributed by atoms with Crippen LogP contribution in [0.4, 0.5) is 0 Å². The third-order valence-corrected chi connectivity index (χ3v) is 10.2. The molecule has 3 aliphatic carbocycles. The molecule has 2 fully saturated rings. The first-order valence-corrected chi connectivity index (χ1v) is 13.6. The van der Waals surface area contributed by atoms with E-state index in [-0.39, 0.29) is 31.0 Å². The Balaban J connectivity index is 2.05. The monoisotopic (exact) mass is 526 g/mol. The lowest BCUT2D eigenvalue weighted by Crippen LogP contribution is -2.73. The summed E-state index contributed by atoms with van der Waals surface area (Å²) in [5.74, 6) is -3.08. The maximum absolute atomic E-state index is 14.5. The van der Waals surface area contributed by atoms with Crippen molar-refractivity contribution in [3.05, 3.63) is 47.0 Å². The van der Waals surface area contributed by atoms with E-state index in [1.54, 1.807) is 44.2 Å². The number of Topliss-reactive ketones (excluding diaryl/α,β-unsaturated/α-hetero) is 1. The number of carbonyl (C=O) groups is 3. The van der Waals surface area contributed by atoms with Crippen LogP contribution in [-0.2, 0) is 19.1 Å². The largest absolute Gasteiger partial charge is 0.459 e. The fourth-order valence-corrected chi connectivity index (χ4v) is 8.13. The van der Waals surface area contributed by atoms with Crippen LogP contribution in [0.5, 0.6) is 0 Å². The number of hydrogen-bond acceptors (Lipinski definition) is 7. The average Bonchev–Trinajstić information content (AvgIpc) is 2.83. The SMILES string of the molecule is CC(=O)O[C@@]1(C)CCC(O)[C@]2(C)C(=O)[C@@H](C)C3=C(C)[C@@H](C)C[C@](O)([C@@H](OC(=O)c4ccccc4)C21)C3(C)C. The highest BCUT2D eigenvalue weighted by atomic mass is 16.6. The van der Waals surface area contributed by atoms with Crippen molar-refractivity contribution >= 4 is 17.7 Å². The zero-order valence-electron chi connectivity index (χ0n) is 23.8. The Bertz CT molecular complexity index is 1170. The number of rotatable bonds is 3. The van der Waals surface area contributed by atoms with Gasteiger partial charge in [-0.2, -0.15) is 0 Å². The lowest BCUT2D eigenvalue weighted by Gasteiger charge is -2.64. The first-order chi connectivity index (χ1) is 17.5. The zero-order valence-corrected chi connectivity index (χ0v) is 23.8. The minimum atomic E-state index is -1.62. The van der Waals surface area contributed by atoms with E-state index in [4.69, 9.17) is 9.47 Å². The van der Waals surface area contributed by atoms with Crippen LogP contribution in [0.2, 0.25) is 0 Å². The topological polar surface area (TPSA) is 110 Å². The van der Waals surface area contributed by atoms with E-state index in [2.05, 4.69) is 0 Å². The molecule has 7 heteroatoms. The summed E-state index contributed by atoms with van der Waals surface area (Å²) < 4.78 is 12.2. The maximum Gasteiger partial charge on any atom is 0.338 e. The molecule has 1 aromatic carbocycles. The molecule has 0 spiro atoms. The van der Waals surface area contributed by atoms with Gasteiger partial charge in [-0.05, 0) is 58.1 Å². The molecule has 2 N–H and O–H groups in total. The quantitative estimate of drug-likeness (QED) is 0.436. The third kappa shape index (κ3) is 3.96. The number of carbonyl (C=O) groups excluding carboxylic acids is 3. The van der Waals surface area contributed by atoms with Gasteiger partial charge in [-0.25, -0.2) is 4.79 Å².